The number of thiophene rings is 1. The Labute approximate surface area is 141 Å². The lowest BCUT2D eigenvalue weighted by atomic mass is 10.1. The minimum Gasteiger partial charge on any atom is -0.321 e. The second-order valence-electron chi connectivity index (χ2n) is 5.30. The van der Waals surface area contributed by atoms with Gasteiger partial charge in [-0.1, -0.05) is 12.1 Å². The molecule has 0 saturated heterocycles. The summed E-state index contributed by atoms with van der Waals surface area (Å²) >= 11 is 1.36. The lowest BCUT2D eigenvalue weighted by Gasteiger charge is -2.07. The standard InChI is InChI=1S/C18H12FN3OS/c19-13-3-1-11(2-4-13)15-7-8-24-17(15)18(23)21-14-5-6-16-12(9-14)10-20-22-16/h1-10H,(H,20,22)(H,21,23). The Morgan fingerprint density at radius 1 is 1.12 bits per heavy atom. The molecule has 1 amide bonds. The van der Waals surface area contributed by atoms with Crippen molar-refractivity contribution in [1.29, 1.82) is 0 Å². The van der Waals surface area contributed by atoms with E-state index in [1.165, 1.54) is 23.5 Å². The first-order valence-electron chi connectivity index (χ1n) is 7.28. The fourth-order valence-corrected chi connectivity index (χ4v) is 3.36. The first-order valence-corrected chi connectivity index (χ1v) is 8.16. The topological polar surface area (TPSA) is 57.8 Å². The van der Waals surface area contributed by atoms with Crippen LogP contribution in [0.2, 0.25) is 0 Å². The molecule has 0 unspecified atom stereocenters. The third-order valence-electron chi connectivity index (χ3n) is 3.72. The van der Waals surface area contributed by atoms with Gasteiger partial charge in [0.15, 0.2) is 0 Å². The zero-order chi connectivity index (χ0) is 16.5. The number of nitrogens with zero attached hydrogens (tertiary/aromatic N) is 1. The summed E-state index contributed by atoms with van der Waals surface area (Å²) in [5.41, 5.74) is 3.22. The van der Waals surface area contributed by atoms with Crippen LogP contribution >= 0.6 is 11.3 Å². The van der Waals surface area contributed by atoms with Crippen LogP contribution in [0.1, 0.15) is 9.67 Å². The van der Waals surface area contributed by atoms with Crippen molar-refractivity contribution in [2.75, 3.05) is 5.32 Å². The third kappa shape index (κ3) is 2.68. The van der Waals surface area contributed by atoms with Crippen LogP contribution in [0.15, 0.2) is 60.1 Å². The summed E-state index contributed by atoms with van der Waals surface area (Å²) in [6, 6.07) is 13.5. The van der Waals surface area contributed by atoms with E-state index >= 15 is 0 Å². The van der Waals surface area contributed by atoms with Crippen molar-refractivity contribution < 1.29 is 9.18 Å². The number of hydrogen-bond donors (Lipinski definition) is 2. The number of amides is 1. The monoisotopic (exact) mass is 337 g/mol. The number of nitrogens with one attached hydrogen (secondary N) is 2. The molecule has 0 fully saturated rings. The second-order valence-corrected chi connectivity index (χ2v) is 6.21. The van der Waals surface area contributed by atoms with E-state index in [2.05, 4.69) is 15.5 Å². The molecule has 4 nitrogen and oxygen atoms in total. The van der Waals surface area contributed by atoms with E-state index in [1.807, 2.05) is 29.6 Å². The molecular formula is C18H12FN3OS. The van der Waals surface area contributed by atoms with Gasteiger partial charge in [-0.15, -0.1) is 11.3 Å². The zero-order valence-electron chi connectivity index (χ0n) is 12.4. The Kier molecular flexibility index (Phi) is 3.59. The summed E-state index contributed by atoms with van der Waals surface area (Å²) in [5.74, 6) is -0.486. The van der Waals surface area contributed by atoms with Crippen LogP contribution in [0.25, 0.3) is 22.0 Å². The van der Waals surface area contributed by atoms with Crippen LogP contribution in [-0.4, -0.2) is 16.1 Å². The lowest BCUT2D eigenvalue weighted by molar-refractivity contribution is 0.103. The SMILES string of the molecule is O=C(Nc1ccc2[nH]ncc2c1)c1sccc1-c1ccc(F)cc1. The number of anilines is 1. The van der Waals surface area contributed by atoms with Gasteiger partial charge in [-0.05, 0) is 47.3 Å². The molecule has 0 aliphatic carbocycles. The van der Waals surface area contributed by atoms with Crippen LogP contribution in [0, 0.1) is 5.82 Å². The molecule has 4 rings (SSSR count). The Morgan fingerprint density at radius 2 is 1.96 bits per heavy atom. The van der Waals surface area contributed by atoms with Crippen LogP contribution in [0.5, 0.6) is 0 Å². The molecule has 0 saturated carbocycles. The highest BCUT2D eigenvalue weighted by Gasteiger charge is 2.15. The number of H-pyrrole nitrogens is 1. The molecule has 0 radical (unpaired) electrons. The molecular weight excluding hydrogens is 325 g/mol. The average molecular weight is 337 g/mol. The number of fused-ring (bicyclic) bond motifs is 1. The smallest absolute Gasteiger partial charge is 0.266 e. The average Bonchev–Trinajstić information content (AvgIpc) is 3.24. The number of aromatic amines is 1. The van der Waals surface area contributed by atoms with Crippen molar-refractivity contribution in [3.8, 4) is 11.1 Å². The maximum absolute atomic E-state index is 13.1. The van der Waals surface area contributed by atoms with Crippen molar-refractivity contribution >= 4 is 33.8 Å². The molecule has 2 heterocycles. The maximum Gasteiger partial charge on any atom is 0.266 e. The number of halogens is 1. The van der Waals surface area contributed by atoms with E-state index in [0.717, 1.165) is 22.0 Å². The fourth-order valence-electron chi connectivity index (χ4n) is 2.55. The predicted octanol–water partition coefficient (Wildman–Crippen LogP) is 4.68. The summed E-state index contributed by atoms with van der Waals surface area (Å²) in [5, 5.41) is 12.5. The Morgan fingerprint density at radius 3 is 2.79 bits per heavy atom. The van der Waals surface area contributed by atoms with Gasteiger partial charge >= 0.3 is 0 Å². The molecule has 2 aromatic heterocycles. The second kappa shape index (κ2) is 5.90. The molecule has 24 heavy (non-hydrogen) atoms. The van der Waals surface area contributed by atoms with Crippen molar-refractivity contribution in [2.45, 2.75) is 0 Å². The van der Waals surface area contributed by atoms with E-state index in [0.29, 0.717) is 10.6 Å². The van der Waals surface area contributed by atoms with Gasteiger partial charge in [-0.25, -0.2) is 4.39 Å². The molecule has 0 bridgehead atoms. The maximum atomic E-state index is 13.1. The highest BCUT2D eigenvalue weighted by Crippen LogP contribution is 2.29. The zero-order valence-corrected chi connectivity index (χ0v) is 13.2. The normalized spacial score (nSPS) is 10.9. The summed E-state index contributed by atoms with van der Waals surface area (Å²) in [6.07, 6.45) is 1.71. The molecule has 6 heteroatoms. The number of hydrogen-bond acceptors (Lipinski definition) is 3. The van der Waals surface area contributed by atoms with Gasteiger partial charge in [0.1, 0.15) is 5.82 Å². The van der Waals surface area contributed by atoms with Gasteiger partial charge in [0.05, 0.1) is 16.6 Å². The number of aromatic nitrogens is 2. The molecule has 0 aliphatic heterocycles. The van der Waals surface area contributed by atoms with Gasteiger partial charge in [0.25, 0.3) is 5.91 Å². The lowest BCUT2D eigenvalue weighted by Crippen LogP contribution is -2.11. The van der Waals surface area contributed by atoms with Crippen LogP contribution in [0.3, 0.4) is 0 Å². The quantitative estimate of drug-likeness (QED) is 0.570. The minimum absolute atomic E-state index is 0.188. The molecule has 0 aliphatic rings. The molecule has 2 N–H and O–H groups in total. The van der Waals surface area contributed by atoms with Crippen molar-refractivity contribution in [2.24, 2.45) is 0 Å². The molecule has 118 valence electrons. The van der Waals surface area contributed by atoms with Crippen molar-refractivity contribution in [3.05, 3.63) is 70.8 Å². The van der Waals surface area contributed by atoms with Crippen LogP contribution in [-0.2, 0) is 0 Å². The van der Waals surface area contributed by atoms with Crippen molar-refractivity contribution in [1.82, 2.24) is 10.2 Å². The third-order valence-corrected chi connectivity index (χ3v) is 4.64. The Bertz CT molecular complexity index is 1020. The van der Waals surface area contributed by atoms with E-state index in [9.17, 15) is 9.18 Å². The van der Waals surface area contributed by atoms with Gasteiger partial charge < -0.3 is 5.32 Å². The van der Waals surface area contributed by atoms with Gasteiger partial charge in [0.2, 0.25) is 0 Å². The molecule has 0 spiro atoms. The number of carbonyl (C=O) groups is 1. The first kappa shape index (κ1) is 14.6. The first-order chi connectivity index (χ1) is 11.7. The Balaban J connectivity index is 1.63. The number of benzene rings is 2. The van der Waals surface area contributed by atoms with Gasteiger partial charge in [-0.2, -0.15) is 5.10 Å². The number of rotatable bonds is 3. The summed E-state index contributed by atoms with van der Waals surface area (Å²) < 4.78 is 13.1. The Hall–Kier alpha value is -2.99. The molecule has 4 aromatic rings. The van der Waals surface area contributed by atoms with E-state index in [4.69, 9.17) is 0 Å². The predicted molar refractivity (Wildman–Crippen MR) is 93.8 cm³/mol. The van der Waals surface area contributed by atoms with E-state index < -0.39 is 0 Å². The molecule has 0 atom stereocenters. The summed E-state index contributed by atoms with van der Waals surface area (Å²) in [4.78, 5) is 13.2. The van der Waals surface area contributed by atoms with E-state index in [-0.39, 0.29) is 11.7 Å². The fraction of sp³-hybridized carbons (Fsp3) is 0. The minimum atomic E-state index is -0.298. The number of carbonyl (C=O) groups excluding carboxylic acids is 1. The van der Waals surface area contributed by atoms with Crippen molar-refractivity contribution in [3.63, 3.8) is 0 Å². The largest absolute Gasteiger partial charge is 0.321 e. The highest BCUT2D eigenvalue weighted by molar-refractivity contribution is 7.12. The molecule has 2 aromatic carbocycles. The van der Waals surface area contributed by atoms with Gasteiger partial charge in [0, 0.05) is 16.6 Å². The van der Waals surface area contributed by atoms with Crippen LogP contribution in [0.4, 0.5) is 10.1 Å². The van der Waals surface area contributed by atoms with Gasteiger partial charge in [-0.3, -0.25) is 9.89 Å². The van der Waals surface area contributed by atoms with E-state index in [1.54, 1.807) is 18.3 Å². The highest BCUT2D eigenvalue weighted by atomic mass is 32.1. The summed E-state index contributed by atoms with van der Waals surface area (Å²) in [7, 11) is 0. The van der Waals surface area contributed by atoms with Crippen LogP contribution < -0.4 is 5.32 Å². The summed E-state index contributed by atoms with van der Waals surface area (Å²) in [6.45, 7) is 0.